The van der Waals surface area contributed by atoms with Crippen LogP contribution in [0.15, 0.2) is 96.4 Å². The van der Waals surface area contributed by atoms with Crippen LogP contribution in [-0.2, 0) is 17.1 Å². The van der Waals surface area contributed by atoms with Gasteiger partial charge in [0.1, 0.15) is 0 Å². The molecular formula is C17H16FeNO-. The minimum atomic E-state index is 0. The van der Waals surface area contributed by atoms with Crippen LogP contribution in [0.25, 0.3) is 0 Å². The summed E-state index contributed by atoms with van der Waals surface area (Å²) in [7, 11) is 0. The quantitative estimate of drug-likeness (QED) is 0.490. The van der Waals surface area contributed by atoms with Gasteiger partial charge in [0.15, 0.2) is 5.88 Å². The molecule has 0 spiro atoms. The molecule has 0 saturated carbocycles. The van der Waals surface area contributed by atoms with E-state index in [1.54, 1.807) is 0 Å². The van der Waals surface area contributed by atoms with E-state index < -0.39 is 0 Å². The summed E-state index contributed by atoms with van der Waals surface area (Å²) in [6.07, 6.45) is 7.48. The van der Waals surface area contributed by atoms with Crippen LogP contribution >= 0.6 is 0 Å². The molecule has 0 radical (unpaired) electrons. The van der Waals surface area contributed by atoms with Crippen LogP contribution in [0.5, 0.6) is 0 Å². The predicted octanol–water partition coefficient (Wildman–Crippen LogP) is 4.40. The number of rotatable bonds is 2. The number of anilines is 1. The van der Waals surface area contributed by atoms with E-state index >= 15 is 0 Å². The van der Waals surface area contributed by atoms with Gasteiger partial charge in [-0.05, 0) is 24.3 Å². The first-order chi connectivity index (χ1) is 9.36. The Balaban J connectivity index is 0.000000283. The number of aliphatic hydroxyl groups is 1. The smallest absolute Gasteiger partial charge is 0.196 e. The summed E-state index contributed by atoms with van der Waals surface area (Å²) < 4.78 is 0. The van der Waals surface area contributed by atoms with Crippen molar-refractivity contribution >= 4 is 5.69 Å². The summed E-state index contributed by atoms with van der Waals surface area (Å²) in [4.78, 5) is 0. The molecule has 3 heteroatoms. The number of nitrogens with one attached hydrogen (secondary N) is 1. The zero-order chi connectivity index (χ0) is 13.3. The number of hydrogen-bond acceptors (Lipinski definition) is 2. The van der Waals surface area contributed by atoms with E-state index in [-0.39, 0.29) is 23.0 Å². The molecule has 0 bridgehead atoms. The van der Waals surface area contributed by atoms with Crippen molar-refractivity contribution in [3.63, 3.8) is 0 Å². The maximum atomic E-state index is 9.67. The Morgan fingerprint density at radius 3 is 2.00 bits per heavy atom. The van der Waals surface area contributed by atoms with Crippen LogP contribution in [0.4, 0.5) is 5.69 Å². The van der Waals surface area contributed by atoms with Crippen molar-refractivity contribution in [1.82, 2.24) is 0 Å². The molecule has 0 heterocycles. The molecular weight excluding hydrogens is 290 g/mol. The van der Waals surface area contributed by atoms with Crippen molar-refractivity contribution in [3.8, 4) is 0 Å². The van der Waals surface area contributed by atoms with Crippen LogP contribution in [0.1, 0.15) is 0 Å². The molecule has 3 rings (SSSR count). The molecule has 104 valence electrons. The number of benzene rings is 1. The van der Waals surface area contributed by atoms with Gasteiger partial charge in [-0.25, -0.2) is 12.1 Å². The van der Waals surface area contributed by atoms with Crippen molar-refractivity contribution in [2.75, 3.05) is 5.32 Å². The fourth-order valence-corrected chi connectivity index (χ4v) is 1.58. The van der Waals surface area contributed by atoms with Gasteiger partial charge >= 0.3 is 0 Å². The monoisotopic (exact) mass is 306 g/mol. The second-order valence-electron chi connectivity index (χ2n) is 3.98. The van der Waals surface area contributed by atoms with Crippen molar-refractivity contribution in [1.29, 1.82) is 0 Å². The molecule has 2 aromatic rings. The van der Waals surface area contributed by atoms with Gasteiger partial charge < -0.3 is 10.4 Å². The molecule has 0 saturated heterocycles. The molecule has 0 fully saturated rings. The van der Waals surface area contributed by atoms with Crippen molar-refractivity contribution in [2.24, 2.45) is 0 Å². The van der Waals surface area contributed by atoms with E-state index in [2.05, 4.69) is 5.32 Å². The van der Waals surface area contributed by atoms with E-state index in [0.717, 1.165) is 11.3 Å². The minimum Gasteiger partial charge on any atom is -0.494 e. The molecule has 20 heavy (non-hydrogen) atoms. The predicted molar refractivity (Wildman–Crippen MR) is 80.0 cm³/mol. The van der Waals surface area contributed by atoms with Gasteiger partial charge in [0.25, 0.3) is 0 Å². The second-order valence-corrected chi connectivity index (χ2v) is 3.98. The average Bonchev–Trinajstić information content (AvgIpc) is 3.16. The van der Waals surface area contributed by atoms with Gasteiger partial charge in [-0.1, -0.05) is 30.4 Å². The van der Waals surface area contributed by atoms with Crippen molar-refractivity contribution < 1.29 is 22.2 Å². The SMILES string of the molecule is OC(Nc1ccccc1)=C1C=CC=C1.[Fe].c1cc[cH-]c1. The molecule has 2 aromatic carbocycles. The number of allylic oxidation sites excluding steroid dienone is 5. The molecule has 2 nitrogen and oxygen atoms in total. The third-order valence-electron chi connectivity index (χ3n) is 2.53. The maximum absolute atomic E-state index is 9.67. The Bertz CT molecular complexity index is 537. The van der Waals surface area contributed by atoms with Crippen molar-refractivity contribution in [3.05, 3.63) is 96.4 Å². The number of hydrogen-bond donors (Lipinski definition) is 2. The first-order valence-corrected chi connectivity index (χ1v) is 6.13. The average molecular weight is 306 g/mol. The Morgan fingerprint density at radius 2 is 1.50 bits per heavy atom. The Labute approximate surface area is 130 Å². The third kappa shape index (κ3) is 5.27. The Kier molecular flexibility index (Phi) is 7.12. The maximum Gasteiger partial charge on any atom is 0.196 e. The Morgan fingerprint density at radius 1 is 0.900 bits per heavy atom. The first-order valence-electron chi connectivity index (χ1n) is 6.13. The summed E-state index contributed by atoms with van der Waals surface area (Å²) >= 11 is 0. The topological polar surface area (TPSA) is 32.3 Å². The summed E-state index contributed by atoms with van der Waals surface area (Å²) in [5, 5.41) is 12.6. The van der Waals surface area contributed by atoms with Crippen LogP contribution in [0.3, 0.4) is 0 Å². The third-order valence-corrected chi connectivity index (χ3v) is 2.53. The normalized spacial score (nSPS) is 11.3. The molecule has 1 aliphatic rings. The van der Waals surface area contributed by atoms with Crippen LogP contribution in [0.2, 0.25) is 0 Å². The molecule has 0 amide bonds. The fourth-order valence-electron chi connectivity index (χ4n) is 1.58. The van der Waals surface area contributed by atoms with E-state index in [1.807, 2.05) is 85.0 Å². The van der Waals surface area contributed by atoms with Gasteiger partial charge in [0.2, 0.25) is 0 Å². The molecule has 0 atom stereocenters. The van der Waals surface area contributed by atoms with Crippen LogP contribution in [0, 0.1) is 0 Å². The summed E-state index contributed by atoms with van der Waals surface area (Å²) in [6.45, 7) is 0. The summed E-state index contributed by atoms with van der Waals surface area (Å²) in [5.74, 6) is 0.182. The van der Waals surface area contributed by atoms with E-state index in [4.69, 9.17) is 0 Å². The van der Waals surface area contributed by atoms with Gasteiger partial charge in [-0.15, -0.1) is 0 Å². The van der Waals surface area contributed by atoms with E-state index in [0.29, 0.717) is 0 Å². The number of aliphatic hydroxyl groups excluding tert-OH is 1. The first kappa shape index (κ1) is 16.0. The van der Waals surface area contributed by atoms with E-state index in [9.17, 15) is 5.11 Å². The molecule has 1 aliphatic carbocycles. The molecule has 0 aromatic heterocycles. The molecule has 0 aliphatic heterocycles. The number of para-hydroxylation sites is 1. The van der Waals surface area contributed by atoms with Gasteiger partial charge in [0, 0.05) is 28.3 Å². The standard InChI is InChI=1S/C12H11NO.C5H5.Fe/c14-12(10-6-4-5-7-10)13-11-8-2-1-3-9-11;1-2-4-5-3-1;/h1-9,13-14H;1-5H;/q;-1;. The van der Waals surface area contributed by atoms with E-state index in [1.165, 1.54) is 0 Å². The van der Waals surface area contributed by atoms with Crippen molar-refractivity contribution in [2.45, 2.75) is 0 Å². The molecule has 0 unspecified atom stereocenters. The zero-order valence-corrected chi connectivity index (χ0v) is 12.0. The van der Waals surface area contributed by atoms with Gasteiger partial charge in [-0.2, -0.15) is 18.2 Å². The second kappa shape index (κ2) is 8.92. The summed E-state index contributed by atoms with van der Waals surface area (Å²) in [5.41, 5.74) is 1.68. The van der Waals surface area contributed by atoms with Crippen LogP contribution < -0.4 is 5.32 Å². The van der Waals surface area contributed by atoms with Crippen LogP contribution in [-0.4, -0.2) is 5.11 Å². The fraction of sp³-hybridized carbons (Fsp3) is 0. The largest absolute Gasteiger partial charge is 0.494 e. The zero-order valence-electron chi connectivity index (χ0n) is 10.9. The van der Waals surface area contributed by atoms with Gasteiger partial charge in [-0.3, -0.25) is 0 Å². The Hall–Kier alpha value is -2.09. The molecule has 2 N–H and O–H groups in total. The summed E-state index contributed by atoms with van der Waals surface area (Å²) in [6, 6.07) is 19.6. The van der Waals surface area contributed by atoms with Gasteiger partial charge in [0.05, 0.1) is 0 Å². The minimum absolute atomic E-state index is 0.